The van der Waals surface area contributed by atoms with E-state index in [-0.39, 0.29) is 17.8 Å². The van der Waals surface area contributed by atoms with Crippen LogP contribution in [0.4, 0.5) is 16.2 Å². The molecule has 2 N–H and O–H groups in total. The molecule has 2 rings (SSSR count). The predicted octanol–water partition coefficient (Wildman–Crippen LogP) is 2.89. The van der Waals surface area contributed by atoms with Crippen LogP contribution >= 0.6 is 0 Å². The molecule has 0 aliphatic rings. The molecule has 0 saturated heterocycles. The number of rotatable bonds is 7. The molecular formula is C18H19N3O5. The topological polar surface area (TPSA) is 111 Å². The third-order valence-corrected chi connectivity index (χ3v) is 3.62. The maximum atomic E-state index is 12.2. The minimum Gasteiger partial charge on any atom is -0.469 e. The highest BCUT2D eigenvalue weighted by Crippen LogP contribution is 2.17. The lowest BCUT2D eigenvalue weighted by Gasteiger charge is -2.18. The average molecular weight is 357 g/mol. The van der Waals surface area contributed by atoms with Gasteiger partial charge in [-0.2, -0.15) is 0 Å². The Kier molecular flexibility index (Phi) is 6.67. The van der Waals surface area contributed by atoms with Gasteiger partial charge in [0.25, 0.3) is 5.69 Å². The summed E-state index contributed by atoms with van der Waals surface area (Å²) in [5.74, 6) is -0.443. The van der Waals surface area contributed by atoms with Crippen molar-refractivity contribution in [3.63, 3.8) is 0 Å². The fourth-order valence-corrected chi connectivity index (χ4v) is 2.41. The van der Waals surface area contributed by atoms with Crippen LogP contribution in [0.3, 0.4) is 0 Å². The summed E-state index contributed by atoms with van der Waals surface area (Å²) >= 11 is 0. The number of amides is 2. The zero-order valence-electron chi connectivity index (χ0n) is 14.2. The van der Waals surface area contributed by atoms with E-state index in [4.69, 9.17) is 0 Å². The molecule has 0 spiro atoms. The molecule has 136 valence electrons. The zero-order valence-corrected chi connectivity index (χ0v) is 14.2. The lowest BCUT2D eigenvalue weighted by Crippen LogP contribution is -2.40. The number of hydrogen-bond acceptors (Lipinski definition) is 5. The van der Waals surface area contributed by atoms with E-state index in [9.17, 15) is 19.7 Å². The van der Waals surface area contributed by atoms with E-state index in [0.29, 0.717) is 6.42 Å². The van der Waals surface area contributed by atoms with Gasteiger partial charge in [-0.1, -0.05) is 36.4 Å². The van der Waals surface area contributed by atoms with E-state index < -0.39 is 23.0 Å². The van der Waals surface area contributed by atoms with E-state index >= 15 is 0 Å². The first kappa shape index (κ1) is 18.9. The van der Waals surface area contributed by atoms with Crippen molar-refractivity contribution in [2.45, 2.75) is 18.9 Å². The number of esters is 1. The maximum Gasteiger partial charge on any atom is 0.319 e. The highest BCUT2D eigenvalue weighted by Gasteiger charge is 2.18. The molecule has 0 fully saturated rings. The van der Waals surface area contributed by atoms with Crippen molar-refractivity contribution in [3.05, 3.63) is 70.3 Å². The van der Waals surface area contributed by atoms with E-state index in [0.717, 1.165) is 5.56 Å². The summed E-state index contributed by atoms with van der Waals surface area (Å²) in [5.41, 5.74) is 1.11. The third kappa shape index (κ3) is 5.90. The number of nitro groups is 1. The molecule has 0 aliphatic heterocycles. The number of ether oxygens (including phenoxy) is 1. The van der Waals surface area contributed by atoms with Crippen LogP contribution in [0.15, 0.2) is 54.6 Å². The Bertz CT molecular complexity index is 779. The van der Waals surface area contributed by atoms with Crippen molar-refractivity contribution >= 4 is 23.4 Å². The fourth-order valence-electron chi connectivity index (χ4n) is 2.41. The summed E-state index contributed by atoms with van der Waals surface area (Å²) in [6, 6.07) is 14.0. The molecule has 2 aromatic rings. The average Bonchev–Trinajstić information content (AvgIpc) is 2.62. The van der Waals surface area contributed by atoms with Gasteiger partial charge < -0.3 is 15.4 Å². The summed E-state index contributed by atoms with van der Waals surface area (Å²) < 4.78 is 4.67. The molecule has 2 aromatic carbocycles. The molecule has 0 aromatic heterocycles. The van der Waals surface area contributed by atoms with Crippen LogP contribution in [0.25, 0.3) is 0 Å². The fraction of sp³-hybridized carbons (Fsp3) is 0.222. The van der Waals surface area contributed by atoms with E-state index in [1.165, 1.54) is 25.3 Å². The Hall–Kier alpha value is -3.42. The van der Waals surface area contributed by atoms with Gasteiger partial charge in [0, 0.05) is 23.9 Å². The highest BCUT2D eigenvalue weighted by molar-refractivity contribution is 5.90. The molecule has 0 heterocycles. The molecule has 8 heteroatoms. The Morgan fingerprint density at radius 3 is 2.54 bits per heavy atom. The smallest absolute Gasteiger partial charge is 0.319 e. The number of carbonyl (C=O) groups is 2. The predicted molar refractivity (Wildman–Crippen MR) is 95.8 cm³/mol. The van der Waals surface area contributed by atoms with Crippen molar-refractivity contribution in [1.29, 1.82) is 0 Å². The first-order valence-electron chi connectivity index (χ1n) is 7.90. The van der Waals surface area contributed by atoms with E-state index in [2.05, 4.69) is 15.4 Å². The Labute approximate surface area is 150 Å². The Morgan fingerprint density at radius 1 is 1.15 bits per heavy atom. The van der Waals surface area contributed by atoms with Crippen LogP contribution in [0.2, 0.25) is 0 Å². The van der Waals surface area contributed by atoms with Crippen LogP contribution in [0.5, 0.6) is 0 Å². The molecule has 26 heavy (non-hydrogen) atoms. The lowest BCUT2D eigenvalue weighted by atomic mass is 10.0. The highest BCUT2D eigenvalue weighted by atomic mass is 16.6. The monoisotopic (exact) mass is 357 g/mol. The van der Waals surface area contributed by atoms with Crippen molar-refractivity contribution in [1.82, 2.24) is 5.32 Å². The summed E-state index contributed by atoms with van der Waals surface area (Å²) in [6.45, 7) is 0. The van der Waals surface area contributed by atoms with Crippen molar-refractivity contribution < 1.29 is 19.2 Å². The minimum atomic E-state index is -0.560. The summed E-state index contributed by atoms with van der Waals surface area (Å²) in [4.78, 5) is 34.1. The van der Waals surface area contributed by atoms with Gasteiger partial charge in [-0.25, -0.2) is 4.79 Å². The van der Waals surface area contributed by atoms with Crippen LogP contribution in [0.1, 0.15) is 12.0 Å². The van der Waals surface area contributed by atoms with Gasteiger partial charge in [0.15, 0.2) is 0 Å². The molecule has 0 radical (unpaired) electrons. The van der Waals surface area contributed by atoms with E-state index in [1.54, 1.807) is 6.07 Å². The first-order chi connectivity index (χ1) is 12.5. The second-order valence-corrected chi connectivity index (χ2v) is 5.57. The van der Waals surface area contributed by atoms with Crippen LogP contribution in [-0.4, -0.2) is 30.1 Å². The number of carbonyl (C=O) groups excluding carboxylic acids is 2. The Balaban J connectivity index is 2.04. The standard InChI is InChI=1S/C18H19N3O5/c1-26-17(22)12-15(10-13-6-3-2-4-7-13)20-18(23)19-14-8-5-9-16(11-14)21(24)25/h2-9,11,15H,10,12H2,1H3,(H2,19,20,23)/t15-/m0/s1. The maximum absolute atomic E-state index is 12.2. The van der Waals surface area contributed by atoms with Crippen molar-refractivity contribution in [2.24, 2.45) is 0 Å². The number of hydrogen-bond donors (Lipinski definition) is 2. The number of nitro benzene ring substituents is 1. The van der Waals surface area contributed by atoms with Gasteiger partial charge in [-0.15, -0.1) is 0 Å². The largest absolute Gasteiger partial charge is 0.469 e. The second-order valence-electron chi connectivity index (χ2n) is 5.57. The van der Waals surface area contributed by atoms with Gasteiger partial charge in [-0.3, -0.25) is 14.9 Å². The normalized spacial score (nSPS) is 11.3. The Morgan fingerprint density at radius 2 is 1.88 bits per heavy atom. The SMILES string of the molecule is COC(=O)C[C@H](Cc1ccccc1)NC(=O)Nc1cccc([N+](=O)[O-])c1. The summed E-state index contributed by atoms with van der Waals surface area (Å²) in [6.07, 6.45) is 0.450. The molecule has 1 atom stereocenters. The minimum absolute atomic E-state index is 0.00769. The molecule has 2 amide bonds. The van der Waals surface area contributed by atoms with Gasteiger partial charge in [0.1, 0.15) is 0 Å². The summed E-state index contributed by atoms with van der Waals surface area (Å²) in [5, 5.41) is 16.0. The summed E-state index contributed by atoms with van der Waals surface area (Å²) in [7, 11) is 1.28. The number of benzene rings is 2. The lowest BCUT2D eigenvalue weighted by molar-refractivity contribution is -0.384. The number of non-ortho nitro benzene ring substituents is 1. The molecule has 0 aliphatic carbocycles. The van der Waals surface area contributed by atoms with Gasteiger partial charge >= 0.3 is 12.0 Å². The molecule has 8 nitrogen and oxygen atoms in total. The van der Waals surface area contributed by atoms with Crippen molar-refractivity contribution in [2.75, 3.05) is 12.4 Å². The zero-order chi connectivity index (χ0) is 18.9. The number of nitrogens with one attached hydrogen (secondary N) is 2. The van der Waals surface area contributed by atoms with Gasteiger partial charge in [-0.05, 0) is 18.1 Å². The first-order valence-corrected chi connectivity index (χ1v) is 7.90. The quantitative estimate of drug-likeness (QED) is 0.450. The molecule has 0 unspecified atom stereocenters. The molecule has 0 bridgehead atoms. The van der Waals surface area contributed by atoms with Crippen LogP contribution in [-0.2, 0) is 16.0 Å². The number of nitrogens with zero attached hydrogens (tertiary/aromatic N) is 1. The van der Waals surface area contributed by atoms with Gasteiger partial charge in [0.05, 0.1) is 18.5 Å². The van der Waals surface area contributed by atoms with Crippen molar-refractivity contribution in [3.8, 4) is 0 Å². The van der Waals surface area contributed by atoms with Crippen LogP contribution < -0.4 is 10.6 Å². The second kappa shape index (κ2) is 9.16. The number of anilines is 1. The van der Waals surface area contributed by atoms with Crippen LogP contribution in [0, 0.1) is 10.1 Å². The van der Waals surface area contributed by atoms with E-state index in [1.807, 2.05) is 30.3 Å². The third-order valence-electron chi connectivity index (χ3n) is 3.62. The number of urea groups is 1. The molecule has 0 saturated carbocycles. The van der Waals surface area contributed by atoms with Gasteiger partial charge in [0.2, 0.25) is 0 Å². The number of methoxy groups -OCH3 is 1. The molecular weight excluding hydrogens is 338 g/mol.